The van der Waals surface area contributed by atoms with Gasteiger partial charge in [0.25, 0.3) is 5.91 Å². The summed E-state index contributed by atoms with van der Waals surface area (Å²) in [4.78, 5) is 15.3. The highest BCUT2D eigenvalue weighted by molar-refractivity contribution is 5.92. The number of nitrogens with one attached hydrogen (secondary N) is 1. The van der Waals surface area contributed by atoms with E-state index >= 15 is 0 Å². The number of carbonyl (C=O) groups is 1. The van der Waals surface area contributed by atoms with Crippen molar-refractivity contribution in [3.63, 3.8) is 0 Å². The van der Waals surface area contributed by atoms with Crippen LogP contribution in [0.15, 0.2) is 18.2 Å². The number of hydrogen-bond donors (Lipinski definition) is 2. The standard InChI is InChI=1S/C12H15FN2O2/c13-11-7-3-5-9(14-11)12(17)15-8-4-1-2-6-10(8)16/h3,5,7-8,10,16H,1-2,4,6H2,(H,15,17)/t8-,10-/m0/s1. The molecule has 0 aromatic carbocycles. The molecule has 2 N–H and O–H groups in total. The maximum Gasteiger partial charge on any atom is 0.270 e. The molecule has 1 aliphatic carbocycles. The molecule has 0 radical (unpaired) electrons. The van der Waals surface area contributed by atoms with Crippen LogP contribution in [0, 0.1) is 5.95 Å². The summed E-state index contributed by atoms with van der Waals surface area (Å²) in [7, 11) is 0. The Morgan fingerprint density at radius 2 is 2.18 bits per heavy atom. The Morgan fingerprint density at radius 1 is 1.41 bits per heavy atom. The third-order valence-corrected chi connectivity index (χ3v) is 2.99. The first-order chi connectivity index (χ1) is 8.16. The largest absolute Gasteiger partial charge is 0.391 e. The summed E-state index contributed by atoms with van der Waals surface area (Å²) in [6.45, 7) is 0. The minimum Gasteiger partial charge on any atom is -0.391 e. The zero-order valence-electron chi connectivity index (χ0n) is 9.40. The van der Waals surface area contributed by atoms with Crippen molar-refractivity contribution < 1.29 is 14.3 Å². The number of amides is 1. The molecule has 0 aliphatic heterocycles. The van der Waals surface area contributed by atoms with Crippen LogP contribution in [0.5, 0.6) is 0 Å². The molecule has 17 heavy (non-hydrogen) atoms. The summed E-state index contributed by atoms with van der Waals surface area (Å²) in [5.41, 5.74) is 0.0442. The summed E-state index contributed by atoms with van der Waals surface area (Å²) in [5.74, 6) is -1.11. The van der Waals surface area contributed by atoms with Crippen molar-refractivity contribution in [1.29, 1.82) is 0 Å². The highest BCUT2D eigenvalue weighted by atomic mass is 19.1. The second-order valence-electron chi connectivity index (χ2n) is 4.28. The molecule has 0 saturated heterocycles. The molecule has 5 heteroatoms. The van der Waals surface area contributed by atoms with E-state index in [0.717, 1.165) is 19.3 Å². The zero-order chi connectivity index (χ0) is 12.3. The normalized spacial score (nSPS) is 24.4. The number of nitrogens with zero attached hydrogens (tertiary/aromatic N) is 1. The van der Waals surface area contributed by atoms with Gasteiger partial charge in [-0.1, -0.05) is 18.9 Å². The van der Waals surface area contributed by atoms with Crippen molar-refractivity contribution in [2.45, 2.75) is 37.8 Å². The summed E-state index contributed by atoms with van der Waals surface area (Å²) >= 11 is 0. The Kier molecular flexibility index (Phi) is 3.68. The molecule has 1 saturated carbocycles. The molecule has 1 heterocycles. The SMILES string of the molecule is O=C(N[C@H]1CCCC[C@@H]1O)c1cccc(F)n1. The number of pyridine rings is 1. The van der Waals surface area contributed by atoms with Gasteiger partial charge in [0.1, 0.15) is 5.69 Å². The molecule has 1 aromatic rings. The van der Waals surface area contributed by atoms with Crippen LogP contribution < -0.4 is 5.32 Å². The number of carbonyl (C=O) groups excluding carboxylic acids is 1. The molecular weight excluding hydrogens is 223 g/mol. The van der Waals surface area contributed by atoms with Gasteiger partial charge in [-0.2, -0.15) is 4.39 Å². The van der Waals surface area contributed by atoms with Gasteiger partial charge in [-0.15, -0.1) is 0 Å². The lowest BCUT2D eigenvalue weighted by Crippen LogP contribution is -2.45. The van der Waals surface area contributed by atoms with Crippen molar-refractivity contribution in [2.75, 3.05) is 0 Å². The van der Waals surface area contributed by atoms with E-state index in [1.165, 1.54) is 18.2 Å². The van der Waals surface area contributed by atoms with E-state index < -0.39 is 18.0 Å². The summed E-state index contributed by atoms with van der Waals surface area (Å²) in [6, 6.07) is 3.83. The number of halogens is 1. The molecule has 1 aromatic heterocycles. The average molecular weight is 238 g/mol. The van der Waals surface area contributed by atoms with Crippen LogP contribution >= 0.6 is 0 Å². The van der Waals surface area contributed by atoms with Crippen molar-refractivity contribution >= 4 is 5.91 Å². The Bertz CT molecular complexity index is 411. The Hall–Kier alpha value is -1.49. The van der Waals surface area contributed by atoms with E-state index in [0.29, 0.717) is 6.42 Å². The van der Waals surface area contributed by atoms with E-state index in [1.54, 1.807) is 0 Å². The van der Waals surface area contributed by atoms with Crippen molar-refractivity contribution in [1.82, 2.24) is 10.3 Å². The van der Waals surface area contributed by atoms with Gasteiger partial charge in [0, 0.05) is 0 Å². The summed E-state index contributed by atoms with van der Waals surface area (Å²) < 4.78 is 12.8. The van der Waals surface area contributed by atoms with E-state index in [4.69, 9.17) is 0 Å². The lowest BCUT2D eigenvalue weighted by molar-refractivity contribution is 0.0713. The van der Waals surface area contributed by atoms with Crippen LogP contribution in [0.1, 0.15) is 36.2 Å². The predicted octanol–water partition coefficient (Wildman–Crippen LogP) is 1.25. The molecule has 0 spiro atoms. The first kappa shape index (κ1) is 12.0. The smallest absolute Gasteiger partial charge is 0.270 e. The Labute approximate surface area is 98.9 Å². The van der Waals surface area contributed by atoms with E-state index in [-0.39, 0.29) is 11.7 Å². The molecule has 0 bridgehead atoms. The van der Waals surface area contributed by atoms with Crippen molar-refractivity contribution in [3.8, 4) is 0 Å². The maximum absolute atomic E-state index is 12.8. The molecule has 0 unspecified atom stereocenters. The fourth-order valence-electron chi connectivity index (χ4n) is 2.06. The highest BCUT2D eigenvalue weighted by Crippen LogP contribution is 2.18. The van der Waals surface area contributed by atoms with Crippen LogP contribution in [0.25, 0.3) is 0 Å². The number of hydrogen-bond acceptors (Lipinski definition) is 3. The first-order valence-electron chi connectivity index (χ1n) is 5.78. The second kappa shape index (κ2) is 5.23. The van der Waals surface area contributed by atoms with E-state index in [1.807, 2.05) is 0 Å². The Balaban J connectivity index is 2.01. The molecule has 4 nitrogen and oxygen atoms in total. The number of aromatic nitrogens is 1. The van der Waals surface area contributed by atoms with Gasteiger partial charge in [-0.3, -0.25) is 4.79 Å². The van der Waals surface area contributed by atoms with Gasteiger partial charge in [-0.05, 0) is 25.0 Å². The van der Waals surface area contributed by atoms with Gasteiger partial charge in [-0.25, -0.2) is 4.98 Å². The fourth-order valence-corrected chi connectivity index (χ4v) is 2.06. The Morgan fingerprint density at radius 3 is 2.88 bits per heavy atom. The lowest BCUT2D eigenvalue weighted by Gasteiger charge is -2.28. The van der Waals surface area contributed by atoms with Crippen LogP contribution in [-0.4, -0.2) is 28.1 Å². The topological polar surface area (TPSA) is 62.2 Å². The van der Waals surface area contributed by atoms with Gasteiger partial charge in [0.15, 0.2) is 0 Å². The van der Waals surface area contributed by atoms with Gasteiger partial charge in [0.05, 0.1) is 12.1 Å². The number of aliphatic hydroxyl groups excluding tert-OH is 1. The van der Waals surface area contributed by atoms with Crippen molar-refractivity contribution in [2.24, 2.45) is 0 Å². The molecule has 2 atom stereocenters. The minimum atomic E-state index is -0.679. The lowest BCUT2D eigenvalue weighted by atomic mass is 9.92. The maximum atomic E-state index is 12.8. The van der Waals surface area contributed by atoms with Crippen molar-refractivity contribution in [3.05, 3.63) is 29.8 Å². The monoisotopic (exact) mass is 238 g/mol. The van der Waals surface area contributed by atoms with Crippen LogP contribution in [0.4, 0.5) is 4.39 Å². The third-order valence-electron chi connectivity index (χ3n) is 2.99. The number of aliphatic hydroxyl groups is 1. The molecular formula is C12H15FN2O2. The molecule has 1 aliphatic rings. The third kappa shape index (κ3) is 3.00. The molecule has 1 amide bonds. The predicted molar refractivity (Wildman–Crippen MR) is 59.9 cm³/mol. The zero-order valence-corrected chi connectivity index (χ0v) is 9.40. The van der Waals surface area contributed by atoms with E-state index in [2.05, 4.69) is 10.3 Å². The minimum absolute atomic E-state index is 0.0442. The molecule has 92 valence electrons. The summed E-state index contributed by atoms with van der Waals surface area (Å²) in [6.07, 6.45) is 2.90. The van der Waals surface area contributed by atoms with Crippen LogP contribution in [-0.2, 0) is 0 Å². The highest BCUT2D eigenvalue weighted by Gasteiger charge is 2.25. The summed E-state index contributed by atoms with van der Waals surface area (Å²) in [5, 5.41) is 12.4. The molecule has 2 rings (SSSR count). The quantitative estimate of drug-likeness (QED) is 0.762. The first-order valence-corrected chi connectivity index (χ1v) is 5.78. The van der Waals surface area contributed by atoms with Crippen LogP contribution in [0.2, 0.25) is 0 Å². The number of rotatable bonds is 2. The molecule has 1 fully saturated rings. The van der Waals surface area contributed by atoms with Gasteiger partial charge in [0.2, 0.25) is 5.95 Å². The average Bonchev–Trinajstić information content (AvgIpc) is 2.32. The second-order valence-corrected chi connectivity index (χ2v) is 4.28. The van der Waals surface area contributed by atoms with Gasteiger partial charge < -0.3 is 10.4 Å². The van der Waals surface area contributed by atoms with E-state index in [9.17, 15) is 14.3 Å². The van der Waals surface area contributed by atoms with Crippen LogP contribution in [0.3, 0.4) is 0 Å². The fraction of sp³-hybridized carbons (Fsp3) is 0.500. The van der Waals surface area contributed by atoms with Gasteiger partial charge >= 0.3 is 0 Å².